The molecule has 2 rings (SSSR count). The van der Waals surface area contributed by atoms with Gasteiger partial charge in [-0.1, -0.05) is 13.8 Å². The molecule has 2 saturated heterocycles. The van der Waals surface area contributed by atoms with Crippen molar-refractivity contribution in [3.05, 3.63) is 0 Å². The Kier molecular flexibility index (Phi) is 7.68. The molecular formula is C18H32N4O3. The van der Waals surface area contributed by atoms with Gasteiger partial charge in [-0.3, -0.25) is 19.3 Å². The molecule has 0 bridgehead atoms. The van der Waals surface area contributed by atoms with Gasteiger partial charge in [-0.2, -0.15) is 0 Å². The van der Waals surface area contributed by atoms with Crippen molar-refractivity contribution in [3.8, 4) is 0 Å². The van der Waals surface area contributed by atoms with E-state index >= 15 is 0 Å². The number of nitrogens with one attached hydrogen (secondary N) is 1. The van der Waals surface area contributed by atoms with Gasteiger partial charge in [-0.15, -0.1) is 0 Å². The van der Waals surface area contributed by atoms with E-state index in [-0.39, 0.29) is 23.6 Å². The molecule has 0 radical (unpaired) electrons. The van der Waals surface area contributed by atoms with E-state index in [4.69, 9.17) is 0 Å². The first-order chi connectivity index (χ1) is 12.0. The molecule has 7 heteroatoms. The van der Waals surface area contributed by atoms with Gasteiger partial charge in [0, 0.05) is 52.2 Å². The van der Waals surface area contributed by atoms with Crippen LogP contribution >= 0.6 is 0 Å². The predicted octanol–water partition coefficient (Wildman–Crippen LogP) is 0.305. The summed E-state index contributed by atoms with van der Waals surface area (Å²) in [7, 11) is 0. The van der Waals surface area contributed by atoms with Crippen molar-refractivity contribution < 1.29 is 14.4 Å². The van der Waals surface area contributed by atoms with Crippen LogP contribution in [0.3, 0.4) is 0 Å². The molecule has 3 amide bonds. The van der Waals surface area contributed by atoms with Gasteiger partial charge in [-0.05, 0) is 19.3 Å². The number of likely N-dealkylation sites (tertiary alicyclic amines) is 1. The molecule has 2 aliphatic rings. The summed E-state index contributed by atoms with van der Waals surface area (Å²) in [5.74, 6) is 0.301. The van der Waals surface area contributed by atoms with E-state index in [1.165, 1.54) is 0 Å². The van der Waals surface area contributed by atoms with Crippen LogP contribution in [0.25, 0.3) is 0 Å². The molecule has 25 heavy (non-hydrogen) atoms. The van der Waals surface area contributed by atoms with Crippen molar-refractivity contribution in [1.29, 1.82) is 0 Å². The Labute approximate surface area is 150 Å². The van der Waals surface area contributed by atoms with Crippen LogP contribution in [-0.2, 0) is 14.4 Å². The molecule has 0 aliphatic carbocycles. The lowest BCUT2D eigenvalue weighted by atomic mass is 9.96. The fourth-order valence-corrected chi connectivity index (χ4v) is 3.54. The molecule has 0 aromatic heterocycles. The summed E-state index contributed by atoms with van der Waals surface area (Å²) in [6.45, 7) is 9.15. The van der Waals surface area contributed by atoms with E-state index in [0.29, 0.717) is 39.1 Å². The molecular weight excluding hydrogens is 320 g/mol. The summed E-state index contributed by atoms with van der Waals surface area (Å²) in [5, 5.41) is 2.89. The summed E-state index contributed by atoms with van der Waals surface area (Å²) in [5.41, 5.74) is 0. The number of piperidine rings is 1. The van der Waals surface area contributed by atoms with E-state index < -0.39 is 0 Å². The summed E-state index contributed by atoms with van der Waals surface area (Å²) in [6, 6.07) is 0. The number of carbonyl (C=O) groups excluding carboxylic acids is 3. The van der Waals surface area contributed by atoms with Crippen molar-refractivity contribution in [3.63, 3.8) is 0 Å². The Balaban J connectivity index is 1.77. The molecule has 1 atom stereocenters. The third-order valence-electron chi connectivity index (χ3n) is 5.05. The smallest absolute Gasteiger partial charge is 0.234 e. The van der Waals surface area contributed by atoms with Crippen molar-refractivity contribution in [2.24, 2.45) is 5.92 Å². The second-order valence-corrected chi connectivity index (χ2v) is 6.98. The Morgan fingerprint density at radius 2 is 1.72 bits per heavy atom. The Hall–Kier alpha value is -1.63. The lowest BCUT2D eigenvalue weighted by Crippen LogP contribution is -2.54. The summed E-state index contributed by atoms with van der Waals surface area (Å²) in [6.07, 6.45) is 3.21. The third-order valence-corrected chi connectivity index (χ3v) is 5.05. The van der Waals surface area contributed by atoms with Gasteiger partial charge < -0.3 is 15.1 Å². The lowest BCUT2D eigenvalue weighted by molar-refractivity contribution is -0.142. The van der Waals surface area contributed by atoms with E-state index in [1.807, 2.05) is 23.6 Å². The van der Waals surface area contributed by atoms with Gasteiger partial charge in [0.2, 0.25) is 17.7 Å². The van der Waals surface area contributed by atoms with Crippen molar-refractivity contribution in [2.75, 3.05) is 52.4 Å². The zero-order valence-corrected chi connectivity index (χ0v) is 15.6. The van der Waals surface area contributed by atoms with Crippen LogP contribution in [0.5, 0.6) is 0 Å². The molecule has 2 aliphatic heterocycles. The largest absolute Gasteiger partial charge is 0.355 e. The topological polar surface area (TPSA) is 73.0 Å². The van der Waals surface area contributed by atoms with Crippen LogP contribution in [0.2, 0.25) is 0 Å². The first-order valence-electron chi connectivity index (χ1n) is 9.60. The SMILES string of the molecule is CCCNC(=O)CN1CCN(C(=O)C2CCCN(C(=O)CC)C2)CC1. The highest BCUT2D eigenvalue weighted by molar-refractivity contribution is 5.81. The average Bonchev–Trinajstić information content (AvgIpc) is 2.65. The van der Waals surface area contributed by atoms with Crippen LogP contribution < -0.4 is 5.32 Å². The van der Waals surface area contributed by atoms with E-state index in [1.54, 1.807) is 0 Å². The fourth-order valence-electron chi connectivity index (χ4n) is 3.54. The van der Waals surface area contributed by atoms with Gasteiger partial charge in [0.1, 0.15) is 0 Å². The normalized spacial score (nSPS) is 21.9. The van der Waals surface area contributed by atoms with E-state index in [9.17, 15) is 14.4 Å². The predicted molar refractivity (Wildman–Crippen MR) is 95.9 cm³/mol. The molecule has 0 aromatic carbocycles. The minimum absolute atomic E-state index is 0.0580. The zero-order chi connectivity index (χ0) is 18.2. The maximum atomic E-state index is 12.8. The molecule has 2 heterocycles. The van der Waals surface area contributed by atoms with Gasteiger partial charge in [0.05, 0.1) is 12.5 Å². The molecule has 0 aromatic rings. The number of piperazine rings is 1. The molecule has 1 N–H and O–H groups in total. The molecule has 2 fully saturated rings. The van der Waals surface area contributed by atoms with Gasteiger partial charge in [0.15, 0.2) is 0 Å². The number of nitrogens with zero attached hydrogens (tertiary/aromatic N) is 3. The standard InChI is InChI=1S/C18H32N4O3/c1-3-7-19-16(23)14-20-9-11-21(12-10-20)18(25)15-6-5-8-22(13-15)17(24)4-2/h15H,3-14H2,1-2H3,(H,19,23). The third kappa shape index (κ3) is 5.70. The second-order valence-electron chi connectivity index (χ2n) is 6.98. The highest BCUT2D eigenvalue weighted by Crippen LogP contribution is 2.20. The number of amides is 3. The van der Waals surface area contributed by atoms with Crippen LogP contribution in [0, 0.1) is 5.92 Å². The Morgan fingerprint density at radius 3 is 2.36 bits per heavy atom. The van der Waals surface area contributed by atoms with Crippen LogP contribution in [-0.4, -0.2) is 84.8 Å². The molecule has 0 spiro atoms. The molecule has 0 saturated carbocycles. The van der Waals surface area contributed by atoms with Crippen molar-refractivity contribution >= 4 is 17.7 Å². The number of carbonyl (C=O) groups is 3. The first-order valence-corrected chi connectivity index (χ1v) is 9.60. The van der Waals surface area contributed by atoms with E-state index in [0.717, 1.165) is 38.9 Å². The average molecular weight is 352 g/mol. The summed E-state index contributed by atoms with van der Waals surface area (Å²) < 4.78 is 0. The lowest BCUT2D eigenvalue weighted by Gasteiger charge is -2.38. The Morgan fingerprint density at radius 1 is 1.00 bits per heavy atom. The highest BCUT2D eigenvalue weighted by Gasteiger charge is 2.32. The fraction of sp³-hybridized carbons (Fsp3) is 0.833. The van der Waals surface area contributed by atoms with E-state index in [2.05, 4.69) is 10.2 Å². The summed E-state index contributed by atoms with van der Waals surface area (Å²) >= 11 is 0. The molecule has 1 unspecified atom stereocenters. The molecule has 7 nitrogen and oxygen atoms in total. The maximum absolute atomic E-state index is 12.8. The van der Waals surface area contributed by atoms with Gasteiger partial charge >= 0.3 is 0 Å². The van der Waals surface area contributed by atoms with Crippen molar-refractivity contribution in [2.45, 2.75) is 39.5 Å². The number of rotatable bonds is 6. The second kappa shape index (κ2) is 9.75. The zero-order valence-electron chi connectivity index (χ0n) is 15.6. The maximum Gasteiger partial charge on any atom is 0.234 e. The first kappa shape index (κ1) is 19.7. The van der Waals surface area contributed by atoms with Crippen LogP contribution in [0.1, 0.15) is 39.5 Å². The minimum Gasteiger partial charge on any atom is -0.355 e. The summed E-state index contributed by atoms with van der Waals surface area (Å²) in [4.78, 5) is 42.3. The van der Waals surface area contributed by atoms with Crippen LogP contribution in [0.15, 0.2) is 0 Å². The number of hydrogen-bond donors (Lipinski definition) is 1. The quantitative estimate of drug-likeness (QED) is 0.746. The monoisotopic (exact) mass is 352 g/mol. The van der Waals surface area contributed by atoms with Gasteiger partial charge in [0.25, 0.3) is 0 Å². The molecule has 142 valence electrons. The van der Waals surface area contributed by atoms with Crippen molar-refractivity contribution in [1.82, 2.24) is 20.0 Å². The number of hydrogen-bond acceptors (Lipinski definition) is 4. The highest BCUT2D eigenvalue weighted by atomic mass is 16.2. The van der Waals surface area contributed by atoms with Gasteiger partial charge in [-0.25, -0.2) is 0 Å². The minimum atomic E-state index is -0.0661. The van der Waals surface area contributed by atoms with Crippen LogP contribution in [0.4, 0.5) is 0 Å². The Bertz CT molecular complexity index is 475.